The van der Waals surface area contributed by atoms with Gasteiger partial charge >= 0.3 is 0 Å². The summed E-state index contributed by atoms with van der Waals surface area (Å²) in [6.07, 6.45) is 7.37. The van der Waals surface area contributed by atoms with E-state index in [1.165, 1.54) is 31.3 Å². The lowest BCUT2D eigenvalue weighted by atomic mass is 9.74. The molecule has 0 aliphatic heterocycles. The molecule has 1 aliphatic rings. The Labute approximate surface area is 113 Å². The van der Waals surface area contributed by atoms with Crippen molar-refractivity contribution in [2.75, 3.05) is 13.2 Å². The number of nitrogens with one attached hydrogen (secondary N) is 1. The molecular formula is C16H31NO. The molecule has 3 unspecified atom stereocenters. The fourth-order valence-corrected chi connectivity index (χ4v) is 3.28. The number of rotatable bonds is 6. The van der Waals surface area contributed by atoms with Gasteiger partial charge in [-0.15, -0.1) is 0 Å². The smallest absolute Gasteiger partial charge is 0.0872 e. The molecule has 1 fully saturated rings. The van der Waals surface area contributed by atoms with Crippen LogP contribution in [-0.2, 0) is 4.74 Å². The maximum Gasteiger partial charge on any atom is 0.0872 e. The standard InChI is InChI=1S/C16H31NO/c1-6-17-15(11-13(3)4)16(18-7-2)10-8-9-14(5)12-16/h11,14-15,17H,6-10,12H2,1-5H3. The molecule has 1 N–H and O–H groups in total. The van der Waals surface area contributed by atoms with E-state index in [4.69, 9.17) is 4.74 Å². The summed E-state index contributed by atoms with van der Waals surface area (Å²) < 4.78 is 6.25. The third kappa shape index (κ3) is 4.10. The molecule has 2 heteroatoms. The van der Waals surface area contributed by atoms with Crippen molar-refractivity contribution in [3.8, 4) is 0 Å². The maximum absolute atomic E-state index is 6.25. The summed E-state index contributed by atoms with van der Waals surface area (Å²) in [4.78, 5) is 0. The van der Waals surface area contributed by atoms with Crippen molar-refractivity contribution in [1.29, 1.82) is 0 Å². The molecule has 2 nitrogen and oxygen atoms in total. The zero-order chi connectivity index (χ0) is 13.6. The maximum atomic E-state index is 6.25. The normalized spacial score (nSPS) is 29.9. The van der Waals surface area contributed by atoms with Gasteiger partial charge in [0.15, 0.2) is 0 Å². The van der Waals surface area contributed by atoms with Crippen LogP contribution >= 0.6 is 0 Å². The zero-order valence-corrected chi connectivity index (χ0v) is 12.9. The van der Waals surface area contributed by atoms with E-state index in [0.29, 0.717) is 6.04 Å². The minimum atomic E-state index is 0.0136. The minimum Gasteiger partial charge on any atom is -0.373 e. The second kappa shape index (κ2) is 7.30. The largest absolute Gasteiger partial charge is 0.373 e. The van der Waals surface area contributed by atoms with Crippen molar-refractivity contribution < 1.29 is 4.74 Å². The van der Waals surface area contributed by atoms with Gasteiger partial charge < -0.3 is 10.1 Å². The fraction of sp³-hybridized carbons (Fsp3) is 0.875. The summed E-state index contributed by atoms with van der Waals surface area (Å²) in [7, 11) is 0. The Bertz CT molecular complexity index is 266. The van der Waals surface area contributed by atoms with Crippen molar-refractivity contribution in [2.24, 2.45) is 5.92 Å². The van der Waals surface area contributed by atoms with E-state index < -0.39 is 0 Å². The molecule has 0 heterocycles. The average Bonchev–Trinajstić information content (AvgIpc) is 2.28. The molecule has 1 rings (SSSR count). The van der Waals surface area contributed by atoms with Crippen LogP contribution in [0.5, 0.6) is 0 Å². The highest BCUT2D eigenvalue weighted by molar-refractivity contribution is 5.11. The lowest BCUT2D eigenvalue weighted by Gasteiger charge is -2.44. The minimum absolute atomic E-state index is 0.0136. The van der Waals surface area contributed by atoms with Gasteiger partial charge in [-0.05, 0) is 46.1 Å². The van der Waals surface area contributed by atoms with E-state index in [-0.39, 0.29) is 5.60 Å². The Morgan fingerprint density at radius 1 is 1.44 bits per heavy atom. The van der Waals surface area contributed by atoms with Crippen LogP contribution in [0.15, 0.2) is 11.6 Å². The van der Waals surface area contributed by atoms with Crippen molar-refractivity contribution in [2.45, 2.75) is 71.9 Å². The molecule has 0 saturated heterocycles. The van der Waals surface area contributed by atoms with Crippen LogP contribution in [0, 0.1) is 5.92 Å². The van der Waals surface area contributed by atoms with Crippen LogP contribution in [0.3, 0.4) is 0 Å². The topological polar surface area (TPSA) is 21.3 Å². The molecule has 0 aromatic heterocycles. The summed E-state index contributed by atoms with van der Waals surface area (Å²) >= 11 is 0. The van der Waals surface area contributed by atoms with Crippen LogP contribution in [-0.4, -0.2) is 24.8 Å². The molecule has 1 saturated carbocycles. The van der Waals surface area contributed by atoms with E-state index in [2.05, 4.69) is 46.0 Å². The second-order valence-corrected chi connectivity index (χ2v) is 5.98. The van der Waals surface area contributed by atoms with Gasteiger partial charge in [0.2, 0.25) is 0 Å². The highest BCUT2D eigenvalue weighted by Crippen LogP contribution is 2.38. The first-order valence-electron chi connectivity index (χ1n) is 7.56. The summed E-state index contributed by atoms with van der Waals surface area (Å²) in [5, 5.41) is 3.63. The SMILES string of the molecule is CCNC(C=C(C)C)C1(OCC)CCCC(C)C1. The number of hydrogen-bond donors (Lipinski definition) is 1. The van der Waals surface area contributed by atoms with Crippen molar-refractivity contribution >= 4 is 0 Å². The van der Waals surface area contributed by atoms with Crippen LogP contribution < -0.4 is 5.32 Å². The van der Waals surface area contributed by atoms with Gasteiger partial charge in [0.25, 0.3) is 0 Å². The van der Waals surface area contributed by atoms with E-state index >= 15 is 0 Å². The van der Waals surface area contributed by atoms with E-state index in [9.17, 15) is 0 Å². The van der Waals surface area contributed by atoms with E-state index in [1.54, 1.807) is 0 Å². The summed E-state index contributed by atoms with van der Waals surface area (Å²) in [5.41, 5.74) is 1.39. The Kier molecular flexibility index (Phi) is 6.37. The number of allylic oxidation sites excluding steroid dienone is 1. The molecule has 0 aromatic rings. The second-order valence-electron chi connectivity index (χ2n) is 5.98. The average molecular weight is 253 g/mol. The van der Waals surface area contributed by atoms with E-state index in [1.807, 2.05) is 0 Å². The molecule has 18 heavy (non-hydrogen) atoms. The summed E-state index contributed by atoms with van der Waals surface area (Å²) in [6.45, 7) is 12.8. The molecular weight excluding hydrogens is 222 g/mol. The monoisotopic (exact) mass is 253 g/mol. The van der Waals surface area contributed by atoms with Gasteiger partial charge in [-0.25, -0.2) is 0 Å². The van der Waals surface area contributed by atoms with Crippen LogP contribution in [0.25, 0.3) is 0 Å². The molecule has 3 atom stereocenters. The van der Waals surface area contributed by atoms with Crippen LogP contribution in [0.2, 0.25) is 0 Å². The van der Waals surface area contributed by atoms with Gasteiger partial charge in [0.05, 0.1) is 11.6 Å². The summed E-state index contributed by atoms with van der Waals surface area (Å²) in [5.74, 6) is 0.775. The lowest BCUT2D eigenvalue weighted by molar-refractivity contribution is -0.0902. The molecule has 0 bridgehead atoms. The predicted octanol–water partition coefficient (Wildman–Crippen LogP) is 3.92. The molecule has 0 aromatic carbocycles. The molecule has 106 valence electrons. The van der Waals surface area contributed by atoms with E-state index in [0.717, 1.165) is 19.1 Å². The van der Waals surface area contributed by atoms with Gasteiger partial charge in [-0.2, -0.15) is 0 Å². The Hall–Kier alpha value is -0.340. The summed E-state index contributed by atoms with van der Waals surface area (Å²) in [6, 6.07) is 0.357. The Morgan fingerprint density at radius 2 is 2.17 bits per heavy atom. The highest BCUT2D eigenvalue weighted by atomic mass is 16.5. The first kappa shape index (κ1) is 15.7. The van der Waals surface area contributed by atoms with Gasteiger partial charge in [-0.3, -0.25) is 0 Å². The first-order chi connectivity index (χ1) is 8.54. The van der Waals surface area contributed by atoms with Crippen molar-refractivity contribution in [1.82, 2.24) is 5.32 Å². The van der Waals surface area contributed by atoms with Gasteiger partial charge in [0.1, 0.15) is 0 Å². The molecule has 0 radical (unpaired) electrons. The predicted molar refractivity (Wildman–Crippen MR) is 78.9 cm³/mol. The van der Waals surface area contributed by atoms with Crippen molar-refractivity contribution in [3.63, 3.8) is 0 Å². The lowest BCUT2D eigenvalue weighted by Crippen LogP contribution is -2.54. The molecule has 0 spiro atoms. The zero-order valence-electron chi connectivity index (χ0n) is 12.9. The molecule has 0 amide bonds. The van der Waals surface area contributed by atoms with Gasteiger partial charge in [-0.1, -0.05) is 38.3 Å². The number of hydrogen-bond acceptors (Lipinski definition) is 2. The third-order valence-corrected chi connectivity index (χ3v) is 3.91. The fourth-order valence-electron chi connectivity index (χ4n) is 3.28. The Balaban J connectivity index is 2.93. The molecule has 1 aliphatic carbocycles. The quantitative estimate of drug-likeness (QED) is 0.725. The van der Waals surface area contributed by atoms with Crippen molar-refractivity contribution in [3.05, 3.63) is 11.6 Å². The first-order valence-corrected chi connectivity index (χ1v) is 7.56. The highest BCUT2D eigenvalue weighted by Gasteiger charge is 2.41. The van der Waals surface area contributed by atoms with Crippen LogP contribution in [0.4, 0.5) is 0 Å². The number of likely N-dealkylation sites (N-methyl/N-ethyl adjacent to an activating group) is 1. The van der Waals surface area contributed by atoms with Gasteiger partial charge in [0, 0.05) is 6.61 Å². The van der Waals surface area contributed by atoms with Crippen LogP contribution in [0.1, 0.15) is 60.3 Å². The Morgan fingerprint density at radius 3 is 2.67 bits per heavy atom. The number of ether oxygens (including phenoxy) is 1. The third-order valence-electron chi connectivity index (χ3n) is 3.91.